The van der Waals surface area contributed by atoms with Gasteiger partial charge in [-0.2, -0.15) is 37.9 Å². The zero-order chi connectivity index (χ0) is 105. The Labute approximate surface area is 829 Å². The van der Waals surface area contributed by atoms with Crippen molar-refractivity contribution in [2.24, 2.45) is 28.9 Å². The van der Waals surface area contributed by atoms with E-state index >= 15 is 4.79 Å². The smallest absolute Gasteiger partial charge is 0.326 e. The molecule has 2 aliphatic rings. The number of fused-ring (bicyclic) bond motifs is 1. The van der Waals surface area contributed by atoms with E-state index in [2.05, 4.69) is 139 Å². The van der Waals surface area contributed by atoms with Crippen LogP contribution in [0, 0.1) is 11.3 Å². The molecule has 3 aromatic rings. The number of nitrogens with two attached hydrogens (primary N) is 4. The molecular weight excluding hydrogens is 1900 g/mol. The Morgan fingerprint density at radius 2 is 0.929 bits per heavy atom. The predicted molar refractivity (Wildman–Crippen MR) is 519 cm³/mol. The third-order valence-electron chi connectivity index (χ3n) is 22.4. The summed E-state index contributed by atoms with van der Waals surface area (Å²) in [7, 11) is 0. The van der Waals surface area contributed by atoms with Crippen molar-refractivity contribution in [1.29, 1.82) is 5.41 Å². The van der Waals surface area contributed by atoms with Gasteiger partial charge in [0.25, 0.3) is 0 Å². The van der Waals surface area contributed by atoms with Crippen LogP contribution in [0.15, 0.2) is 91.0 Å². The van der Waals surface area contributed by atoms with E-state index in [1.807, 2.05) is 0 Å². The van der Waals surface area contributed by atoms with E-state index < -0.39 is 296 Å². The van der Waals surface area contributed by atoms with Crippen molar-refractivity contribution in [3.05, 3.63) is 108 Å². The number of hydrogen-bond donors (Lipinski definition) is 29. The molecule has 0 aromatic heterocycles. The Morgan fingerprint density at radius 3 is 1.44 bits per heavy atom. The fraction of sp³-hybridized carbons (Fsp3) is 0.539. The molecule has 141 heavy (non-hydrogen) atoms. The third kappa shape index (κ3) is 41.3. The first-order valence-corrected chi connectivity index (χ1v) is 47.7. The number of nitrogens with zero attached hydrogens (tertiary/aromatic N) is 1. The average molecular weight is 2030 g/mol. The number of carboxylic acid groups (broad SMARTS) is 2. The fourth-order valence-electron chi connectivity index (χ4n) is 14.5. The Hall–Kier alpha value is -13.8. The Morgan fingerprint density at radius 1 is 0.475 bits per heavy atom. The largest absolute Gasteiger partial charge is 0.481 e. The van der Waals surface area contributed by atoms with Gasteiger partial charge in [0.15, 0.2) is 5.96 Å². The van der Waals surface area contributed by atoms with Gasteiger partial charge in [0.2, 0.25) is 118 Å². The van der Waals surface area contributed by atoms with Crippen molar-refractivity contribution in [1.82, 2.24) is 106 Å². The quantitative estimate of drug-likeness (QED) is 0.0114. The van der Waals surface area contributed by atoms with Crippen molar-refractivity contribution < 1.29 is 116 Å². The van der Waals surface area contributed by atoms with Gasteiger partial charge in [0.1, 0.15) is 96.7 Å². The average Bonchev–Trinajstić information content (AvgIpc) is 1.64. The fourth-order valence-corrected chi connectivity index (χ4v) is 15.2. The summed E-state index contributed by atoms with van der Waals surface area (Å²) >= 11 is 12.6. The molecule has 0 spiro atoms. The number of nitrogens with one attached hydrogen (secondary N) is 20. The highest BCUT2D eigenvalue weighted by Crippen LogP contribution is 2.20. The van der Waals surface area contributed by atoms with Crippen molar-refractivity contribution in [2.45, 2.75) is 240 Å². The number of carbonyl (C=O) groups is 22. The number of carboxylic acids is 2. The summed E-state index contributed by atoms with van der Waals surface area (Å²) in [6.07, 6.45) is -3.95. The molecule has 0 saturated carbocycles. The van der Waals surface area contributed by atoms with Gasteiger partial charge in [-0.15, -0.1) is 0 Å². The first-order chi connectivity index (χ1) is 66.9. The van der Waals surface area contributed by atoms with Crippen LogP contribution in [0.3, 0.4) is 0 Å². The molecular formula is C89H131N25O24S3. The van der Waals surface area contributed by atoms with E-state index in [1.165, 1.54) is 25.7 Å². The molecule has 49 nitrogen and oxygen atoms in total. The second-order valence-electron chi connectivity index (χ2n) is 33.8. The standard InChI is InChI=1S/C89H131N25O24S3/c1-6-52-76(125)105-56(88(137)138)27-17-18-32-95-40-62(110-84(133)63(44-140)112-85(134)64(45-141)111-79(128)55(30-31-66(91)115)104-78(127)54(28-19-33-96-89(93)94)103-73(122)51(90)43-139)83(132)107-57(35-48-21-11-8-12-22-48)74(123)98-42-69(118)114-34-20-29-65(114)86(135)109-58(36-49-23-13-9-14-24-49)80(129)101-53(7-2)77(126)108-59(37-50-25-15-10-16-26-50)82(131)113-71(46(3)4)87(136)99-47(5)72(121)106-61(39-70(119)120)75(124)97-41-68(117)100-60(38-67(92)116)81(130)102-52/h8-16,21-26,46-47,51-65,71,95,139-141H,6-7,17-20,27-45,90H2,1-5H3,(H2,91,115)(H2,92,116)(H,97,124)(H,98,123)(H,99,136)(H,100,117)(H,101,129)(H,102,130)(H,103,122)(H,104,127)(H,105,125)(H,106,121)(H,107,132)(H,108,126)(H,109,135)(H,110,133)(H,111,128)(H,112,134)(H,113,131)(H,119,120)(H,137,138)(H4,93,94,96)/t47-,51-,52-,53-,54-,55-,56-,57-,58-,59-,60-,61-,62-,63-,64-,65-,71-/m0/s1. The van der Waals surface area contributed by atoms with E-state index in [0.717, 1.165) is 6.92 Å². The summed E-state index contributed by atoms with van der Waals surface area (Å²) in [6, 6.07) is -1.81. The molecule has 52 heteroatoms. The van der Waals surface area contributed by atoms with Gasteiger partial charge in [-0.25, -0.2) is 4.79 Å². The van der Waals surface area contributed by atoms with Crippen molar-refractivity contribution in [3.8, 4) is 0 Å². The number of aliphatic carboxylic acids is 2. The van der Waals surface area contributed by atoms with Gasteiger partial charge in [-0.1, -0.05) is 119 Å². The maximum atomic E-state index is 15.1. The predicted octanol–water partition coefficient (Wildman–Crippen LogP) is -8.44. The minimum Gasteiger partial charge on any atom is -0.481 e. The number of amides is 20. The topological polar surface area (TPSA) is 776 Å². The lowest BCUT2D eigenvalue weighted by molar-refractivity contribution is -0.143. The summed E-state index contributed by atoms with van der Waals surface area (Å²) in [5.74, 6) is -25.9. The van der Waals surface area contributed by atoms with Crippen LogP contribution in [0.2, 0.25) is 0 Å². The second kappa shape index (κ2) is 61.0. The first-order valence-electron chi connectivity index (χ1n) is 45.8. The lowest BCUT2D eigenvalue weighted by Gasteiger charge is -2.29. The molecule has 0 bridgehead atoms. The summed E-state index contributed by atoms with van der Waals surface area (Å²) in [4.78, 5) is 307. The molecule has 20 amide bonds. The Balaban J connectivity index is 1.53. The van der Waals surface area contributed by atoms with Crippen LogP contribution in [0.1, 0.15) is 135 Å². The van der Waals surface area contributed by atoms with Crippen molar-refractivity contribution in [3.63, 3.8) is 0 Å². The highest BCUT2D eigenvalue weighted by molar-refractivity contribution is 7.80. The minimum atomic E-state index is -1.96. The van der Waals surface area contributed by atoms with Gasteiger partial charge < -0.3 is 139 Å². The second-order valence-corrected chi connectivity index (χ2v) is 34.9. The van der Waals surface area contributed by atoms with Gasteiger partial charge in [0.05, 0.1) is 32.0 Å². The number of thiol groups is 3. The van der Waals surface area contributed by atoms with Crippen LogP contribution in [-0.4, -0.2) is 310 Å². The van der Waals surface area contributed by atoms with E-state index in [9.17, 15) is 111 Å². The number of rotatable bonds is 34. The van der Waals surface area contributed by atoms with Gasteiger partial charge in [0, 0.05) is 62.6 Å². The van der Waals surface area contributed by atoms with Crippen molar-refractivity contribution >= 4 is 174 Å². The molecule has 0 unspecified atom stereocenters. The van der Waals surface area contributed by atoms with Crippen LogP contribution in [0.5, 0.6) is 0 Å². The molecule has 2 aliphatic heterocycles. The molecule has 3 aromatic carbocycles. The number of carbonyl (C=O) groups excluding carboxylic acids is 20. The number of primary amides is 2. The lowest BCUT2D eigenvalue weighted by atomic mass is 10.00. The van der Waals surface area contributed by atoms with Gasteiger partial charge >= 0.3 is 11.9 Å². The molecule has 0 radical (unpaired) electrons. The zero-order valence-electron chi connectivity index (χ0n) is 78.7. The molecule has 2 heterocycles. The van der Waals surface area contributed by atoms with Crippen LogP contribution in [-0.2, 0) is 125 Å². The van der Waals surface area contributed by atoms with Gasteiger partial charge in [-0.05, 0) is 100 Å². The molecule has 2 saturated heterocycles. The number of benzene rings is 3. The monoisotopic (exact) mass is 2030 g/mol. The summed E-state index contributed by atoms with van der Waals surface area (Å²) in [6.45, 7) is 4.75. The van der Waals surface area contributed by atoms with E-state index in [1.54, 1.807) is 97.9 Å². The minimum absolute atomic E-state index is 0.0215. The molecule has 0 aliphatic carbocycles. The normalized spacial score (nSPS) is 22.8. The zero-order valence-corrected chi connectivity index (χ0v) is 81.4. The SMILES string of the molecule is CC[C@@H]1NC(=O)[C@H](CC(N)=O)NC(=O)CNC(=O)[C@H](CC(=O)O)NC(=O)[C@H](C)NC(=O)[C@H](C(C)C)NC(=O)[C@H](Cc2ccccc2)NC(=O)[C@H](CC)NC(=O)[C@H](Cc2ccccc2)NC(=O)[C@@H]2CCCN2C(=O)CNC(=O)[C@H](Cc2ccccc2)NC(=O)[C@@H](NC(=O)[C@H](CS)NC(=O)[C@H](CS)NC(=O)[C@H](CCC(N)=O)NC(=O)[C@H](CCCNC(=N)N)NC(=O)[C@@H](N)CS)CNCCCC[C@@H](C(=O)O)NC1=O. The highest BCUT2D eigenvalue weighted by atomic mass is 32.1. The van der Waals surface area contributed by atoms with Gasteiger partial charge in [-0.3, -0.25) is 106 Å². The van der Waals surface area contributed by atoms with Crippen LogP contribution in [0.25, 0.3) is 0 Å². The molecule has 774 valence electrons. The Kier molecular flexibility index (Phi) is 50.9. The summed E-state index contributed by atoms with van der Waals surface area (Å²) in [5.41, 5.74) is 23.7. The third-order valence-corrected chi connectivity index (χ3v) is 23.5. The first kappa shape index (κ1) is 118. The molecule has 5 rings (SSSR count). The van der Waals surface area contributed by atoms with Crippen LogP contribution in [0.4, 0.5) is 0 Å². The van der Waals surface area contributed by atoms with E-state index in [-0.39, 0.29) is 108 Å². The maximum absolute atomic E-state index is 15.1. The highest BCUT2D eigenvalue weighted by Gasteiger charge is 2.42. The number of hydrogen-bond acceptors (Lipinski definition) is 28. The van der Waals surface area contributed by atoms with Crippen LogP contribution >= 0.6 is 37.9 Å². The lowest BCUT2D eigenvalue weighted by Crippen LogP contribution is -2.62. The Bertz CT molecular complexity index is 4870. The van der Waals surface area contributed by atoms with Crippen molar-refractivity contribution in [2.75, 3.05) is 56.5 Å². The van der Waals surface area contributed by atoms with E-state index in [4.69, 9.17) is 28.3 Å². The maximum Gasteiger partial charge on any atom is 0.326 e. The van der Waals surface area contributed by atoms with E-state index in [0.29, 0.717) is 16.7 Å². The number of guanidine groups is 1. The summed E-state index contributed by atoms with van der Waals surface area (Å²) < 4.78 is 0. The molecule has 2 fully saturated rings. The molecule has 17 atom stereocenters. The summed E-state index contributed by atoms with van der Waals surface area (Å²) in [5, 5.41) is 75.1. The molecule has 30 N–H and O–H groups in total. The van der Waals surface area contributed by atoms with Crippen LogP contribution < -0.4 is 124 Å².